The highest BCUT2D eigenvalue weighted by molar-refractivity contribution is 9.10. The molecule has 264 valence electrons. The van der Waals surface area contributed by atoms with E-state index in [1.807, 2.05) is 69.2 Å². The van der Waals surface area contributed by atoms with Crippen LogP contribution in [-0.4, -0.2) is 124 Å². The average molecular weight is 734 g/mol. The Bertz CT molecular complexity index is 1370. The van der Waals surface area contributed by atoms with Crippen molar-refractivity contribution < 1.29 is 28.4 Å². The third kappa shape index (κ3) is 10.1. The predicted octanol–water partition coefficient (Wildman–Crippen LogP) is 4.13. The lowest BCUT2D eigenvalue weighted by molar-refractivity contribution is 0.00578. The molecule has 0 unspecified atom stereocenters. The predicted molar refractivity (Wildman–Crippen MR) is 188 cm³/mol. The second-order valence-corrected chi connectivity index (χ2v) is 15.9. The van der Waals surface area contributed by atoms with Crippen LogP contribution in [0.5, 0.6) is 0 Å². The summed E-state index contributed by atoms with van der Waals surface area (Å²) in [6, 6.07) is 0. The summed E-state index contributed by atoms with van der Waals surface area (Å²) >= 11 is 3.31. The van der Waals surface area contributed by atoms with Gasteiger partial charge in [0, 0.05) is 82.6 Å². The van der Waals surface area contributed by atoms with Gasteiger partial charge in [-0.3, -0.25) is 0 Å². The van der Waals surface area contributed by atoms with Gasteiger partial charge in [-0.2, -0.15) is 0 Å². The Hall–Kier alpha value is -3.24. The molecular weight excluding hydrogens is 683 g/mol. The smallest absolute Gasteiger partial charge is 0.444 e. The topological polar surface area (TPSA) is 136 Å². The molecule has 2 amide bonds. The van der Waals surface area contributed by atoms with Gasteiger partial charge < -0.3 is 38.4 Å². The van der Waals surface area contributed by atoms with Crippen LogP contribution in [0.4, 0.5) is 21.5 Å². The van der Waals surface area contributed by atoms with Crippen LogP contribution < -0.4 is 15.3 Å². The summed E-state index contributed by atoms with van der Waals surface area (Å²) in [7, 11) is -0.469. The van der Waals surface area contributed by atoms with E-state index in [0.717, 1.165) is 9.94 Å². The molecule has 0 N–H and O–H groups in total. The van der Waals surface area contributed by atoms with Crippen LogP contribution in [0.2, 0.25) is 0 Å². The largest absolute Gasteiger partial charge is 0.498 e. The van der Waals surface area contributed by atoms with E-state index in [9.17, 15) is 9.59 Å². The SMILES string of the molecule is CC(C)(C)OC(=O)N1CCN(c2ncc(B3OC(C)(C)C(C)(C)O3)cn2)CC1.CC(C)(C)OC(=O)N1CCN(c2ncc(Br)cn2)CC1. The summed E-state index contributed by atoms with van der Waals surface area (Å²) in [5, 5.41) is 0. The highest BCUT2D eigenvalue weighted by atomic mass is 79.9. The number of carbonyl (C=O) groups is 2. The molecule has 3 saturated heterocycles. The first-order chi connectivity index (χ1) is 22.2. The number of rotatable bonds is 3. The van der Waals surface area contributed by atoms with Crippen molar-refractivity contribution >= 4 is 52.6 Å². The molecule has 3 fully saturated rings. The number of hydrogen-bond acceptors (Lipinski definition) is 12. The van der Waals surface area contributed by atoms with Gasteiger partial charge in [-0.05, 0) is 85.2 Å². The lowest BCUT2D eigenvalue weighted by Gasteiger charge is -2.35. The number of carbonyl (C=O) groups excluding carboxylic acids is 2. The van der Waals surface area contributed by atoms with E-state index < -0.39 is 29.5 Å². The van der Waals surface area contributed by atoms with Crippen LogP contribution in [0.25, 0.3) is 0 Å². The Morgan fingerprint density at radius 3 is 1.33 bits per heavy atom. The molecule has 2 aromatic rings. The van der Waals surface area contributed by atoms with Crippen LogP contribution in [0.15, 0.2) is 29.3 Å². The molecule has 0 aromatic carbocycles. The zero-order valence-corrected chi connectivity index (χ0v) is 31.5. The van der Waals surface area contributed by atoms with Crippen molar-refractivity contribution in [3.63, 3.8) is 0 Å². The molecule has 0 saturated carbocycles. The van der Waals surface area contributed by atoms with Crippen LogP contribution >= 0.6 is 15.9 Å². The van der Waals surface area contributed by atoms with Gasteiger partial charge in [-0.15, -0.1) is 0 Å². The zero-order valence-electron chi connectivity index (χ0n) is 29.9. The minimum absolute atomic E-state index is 0.256. The quantitative estimate of drug-likeness (QED) is 0.420. The van der Waals surface area contributed by atoms with Crippen molar-refractivity contribution in [2.24, 2.45) is 0 Å². The van der Waals surface area contributed by atoms with Gasteiger partial charge in [-0.1, -0.05) is 0 Å². The van der Waals surface area contributed by atoms with Gasteiger partial charge in [0.15, 0.2) is 0 Å². The Labute approximate surface area is 293 Å². The Kier molecular flexibility index (Phi) is 11.5. The molecule has 0 radical (unpaired) electrons. The molecule has 3 aliphatic rings. The van der Waals surface area contributed by atoms with E-state index >= 15 is 0 Å². The van der Waals surface area contributed by atoms with E-state index in [1.54, 1.807) is 34.6 Å². The first-order valence-corrected chi connectivity index (χ1v) is 17.1. The Morgan fingerprint density at radius 1 is 0.667 bits per heavy atom. The fourth-order valence-corrected chi connectivity index (χ4v) is 5.10. The van der Waals surface area contributed by atoms with Crippen molar-refractivity contribution in [2.45, 2.75) is 91.6 Å². The van der Waals surface area contributed by atoms with E-state index in [2.05, 4.69) is 45.7 Å². The van der Waals surface area contributed by atoms with Gasteiger partial charge in [0.1, 0.15) is 11.2 Å². The molecule has 2 aromatic heterocycles. The maximum absolute atomic E-state index is 12.2. The first-order valence-electron chi connectivity index (χ1n) is 16.3. The number of ether oxygens (including phenoxy) is 2. The van der Waals surface area contributed by atoms with Crippen LogP contribution in [-0.2, 0) is 18.8 Å². The normalized spacial score (nSPS) is 19.4. The van der Waals surface area contributed by atoms with Gasteiger partial charge >= 0.3 is 19.3 Å². The zero-order chi connectivity index (χ0) is 35.5. The molecule has 3 aliphatic heterocycles. The molecular formula is C32H50BBrN8O6. The summed E-state index contributed by atoms with van der Waals surface area (Å²) in [4.78, 5) is 49.2. The molecule has 5 heterocycles. The molecule has 0 atom stereocenters. The number of hydrogen-bond donors (Lipinski definition) is 0. The molecule has 0 spiro atoms. The van der Waals surface area contributed by atoms with Crippen molar-refractivity contribution in [3.05, 3.63) is 29.3 Å². The van der Waals surface area contributed by atoms with Crippen LogP contribution in [0, 0.1) is 0 Å². The van der Waals surface area contributed by atoms with Crippen molar-refractivity contribution in [3.8, 4) is 0 Å². The monoisotopic (exact) mass is 732 g/mol. The number of piperazine rings is 2. The minimum Gasteiger partial charge on any atom is -0.444 e. The fraction of sp³-hybridized carbons (Fsp3) is 0.688. The molecule has 5 rings (SSSR count). The minimum atomic E-state index is -0.485. The second kappa shape index (κ2) is 14.7. The summed E-state index contributed by atoms with van der Waals surface area (Å²) in [5.41, 5.74) is -0.929. The number of nitrogens with zero attached hydrogens (tertiary/aromatic N) is 8. The standard InChI is InChI=1S/C19H31BN4O4.C13H19BrN4O2/c1-17(2,3)26-16(25)24-10-8-23(9-11-24)15-21-12-14(13-22-15)20-27-18(4,5)19(6,7)28-20;1-13(2,3)20-12(19)18-6-4-17(5-7-18)11-15-8-10(14)9-16-11/h12-13H,8-11H2,1-7H3;8-9H,4-7H2,1-3H3. The van der Waals surface area contributed by atoms with E-state index in [1.165, 1.54) is 0 Å². The third-order valence-corrected chi connectivity index (χ3v) is 8.63. The number of amides is 2. The lowest BCUT2D eigenvalue weighted by atomic mass is 9.81. The van der Waals surface area contributed by atoms with E-state index in [4.69, 9.17) is 18.8 Å². The van der Waals surface area contributed by atoms with Crippen molar-refractivity contribution in [1.82, 2.24) is 29.7 Å². The van der Waals surface area contributed by atoms with Gasteiger partial charge in [0.25, 0.3) is 0 Å². The van der Waals surface area contributed by atoms with E-state index in [0.29, 0.717) is 64.3 Å². The Balaban J connectivity index is 0.000000229. The van der Waals surface area contributed by atoms with Crippen LogP contribution in [0.1, 0.15) is 69.2 Å². The van der Waals surface area contributed by atoms with Crippen molar-refractivity contribution in [1.29, 1.82) is 0 Å². The molecule has 14 nitrogen and oxygen atoms in total. The Morgan fingerprint density at radius 2 is 1.00 bits per heavy atom. The molecule has 0 aliphatic carbocycles. The van der Waals surface area contributed by atoms with E-state index in [-0.39, 0.29) is 12.2 Å². The summed E-state index contributed by atoms with van der Waals surface area (Å²) in [5.74, 6) is 1.33. The van der Waals surface area contributed by atoms with Gasteiger partial charge in [0.2, 0.25) is 11.9 Å². The number of aromatic nitrogens is 4. The van der Waals surface area contributed by atoms with Gasteiger partial charge in [0.05, 0.1) is 15.7 Å². The first kappa shape index (κ1) is 37.6. The molecule has 16 heteroatoms. The highest BCUT2D eigenvalue weighted by Gasteiger charge is 2.52. The third-order valence-electron chi connectivity index (χ3n) is 8.22. The fourth-order valence-electron chi connectivity index (χ4n) is 4.90. The summed E-state index contributed by atoms with van der Waals surface area (Å²) in [6.45, 7) is 24.5. The van der Waals surface area contributed by atoms with Crippen LogP contribution in [0.3, 0.4) is 0 Å². The maximum Gasteiger partial charge on any atom is 0.498 e. The average Bonchev–Trinajstić information content (AvgIpc) is 3.22. The highest BCUT2D eigenvalue weighted by Crippen LogP contribution is 2.36. The van der Waals surface area contributed by atoms with Gasteiger partial charge in [-0.25, -0.2) is 29.5 Å². The second-order valence-electron chi connectivity index (χ2n) is 15.0. The maximum atomic E-state index is 12.2. The van der Waals surface area contributed by atoms with Crippen molar-refractivity contribution in [2.75, 3.05) is 62.2 Å². The number of halogens is 1. The molecule has 48 heavy (non-hydrogen) atoms. The molecule has 0 bridgehead atoms. The lowest BCUT2D eigenvalue weighted by Crippen LogP contribution is -2.50. The summed E-state index contributed by atoms with van der Waals surface area (Å²) in [6.07, 6.45) is 6.43. The summed E-state index contributed by atoms with van der Waals surface area (Å²) < 4.78 is 23.7. The number of anilines is 2.